The number of anilines is 1. The van der Waals surface area contributed by atoms with Crippen LogP contribution in [0, 0.1) is 6.92 Å². The van der Waals surface area contributed by atoms with Crippen LogP contribution in [-0.2, 0) is 0 Å². The van der Waals surface area contributed by atoms with Crippen molar-refractivity contribution in [2.24, 2.45) is 0 Å². The first-order valence-corrected chi connectivity index (χ1v) is 9.71. The Morgan fingerprint density at radius 2 is 1.86 bits per heavy atom. The first-order chi connectivity index (χ1) is 13.6. The SMILES string of the molecule is CC.CCC(O)c1cc(C)c(-c2cc3cnc(NC)cc3n3ccnc23)cn1. The minimum absolute atomic E-state index is 0.532. The van der Waals surface area contributed by atoms with Crippen molar-refractivity contribution < 1.29 is 5.11 Å². The molecule has 4 heterocycles. The average molecular weight is 377 g/mol. The fourth-order valence-corrected chi connectivity index (χ4v) is 3.28. The van der Waals surface area contributed by atoms with Gasteiger partial charge < -0.3 is 10.4 Å². The van der Waals surface area contributed by atoms with Crippen LogP contribution in [0.25, 0.3) is 27.7 Å². The van der Waals surface area contributed by atoms with Crippen LogP contribution >= 0.6 is 0 Å². The zero-order valence-electron chi connectivity index (χ0n) is 17.1. The molecule has 0 bridgehead atoms. The smallest absolute Gasteiger partial charge is 0.145 e. The third-order valence-electron chi connectivity index (χ3n) is 4.76. The number of hydrogen-bond acceptors (Lipinski definition) is 5. The minimum Gasteiger partial charge on any atom is -0.387 e. The predicted octanol–water partition coefficient (Wildman–Crippen LogP) is 4.76. The maximum Gasteiger partial charge on any atom is 0.145 e. The van der Waals surface area contributed by atoms with Crippen molar-refractivity contribution in [2.45, 2.75) is 40.2 Å². The number of rotatable bonds is 4. The van der Waals surface area contributed by atoms with E-state index in [0.29, 0.717) is 12.1 Å². The van der Waals surface area contributed by atoms with Gasteiger partial charge in [0, 0.05) is 54.4 Å². The molecule has 0 aliphatic heterocycles. The largest absolute Gasteiger partial charge is 0.387 e. The molecule has 0 fully saturated rings. The Kier molecular flexibility index (Phi) is 5.90. The molecule has 146 valence electrons. The maximum absolute atomic E-state index is 10.1. The molecule has 0 aliphatic rings. The fourth-order valence-electron chi connectivity index (χ4n) is 3.28. The van der Waals surface area contributed by atoms with Gasteiger partial charge in [-0.15, -0.1) is 0 Å². The normalized spacial score (nSPS) is 11.9. The first kappa shape index (κ1) is 19.8. The van der Waals surface area contributed by atoms with E-state index in [1.165, 1.54) is 0 Å². The number of pyridine rings is 3. The number of aliphatic hydroxyl groups excluding tert-OH is 1. The molecule has 0 amide bonds. The lowest BCUT2D eigenvalue weighted by molar-refractivity contribution is 0.169. The molecule has 6 nitrogen and oxygen atoms in total. The van der Waals surface area contributed by atoms with E-state index < -0.39 is 6.10 Å². The van der Waals surface area contributed by atoms with Crippen molar-refractivity contribution in [1.29, 1.82) is 0 Å². The van der Waals surface area contributed by atoms with Gasteiger partial charge in [-0.2, -0.15) is 0 Å². The Morgan fingerprint density at radius 3 is 2.54 bits per heavy atom. The summed E-state index contributed by atoms with van der Waals surface area (Å²) >= 11 is 0. The summed E-state index contributed by atoms with van der Waals surface area (Å²) in [7, 11) is 1.86. The fraction of sp³-hybridized carbons (Fsp3) is 0.318. The number of aromatic nitrogens is 4. The zero-order valence-corrected chi connectivity index (χ0v) is 17.1. The van der Waals surface area contributed by atoms with Gasteiger partial charge in [0.05, 0.1) is 17.3 Å². The van der Waals surface area contributed by atoms with Crippen LogP contribution in [0.1, 0.15) is 44.6 Å². The van der Waals surface area contributed by atoms with E-state index in [9.17, 15) is 5.11 Å². The van der Waals surface area contributed by atoms with Gasteiger partial charge in [-0.1, -0.05) is 20.8 Å². The number of imidazole rings is 1. The van der Waals surface area contributed by atoms with Gasteiger partial charge in [0.15, 0.2) is 0 Å². The second-order valence-corrected chi connectivity index (χ2v) is 6.41. The summed E-state index contributed by atoms with van der Waals surface area (Å²) in [6, 6.07) is 6.07. The molecular weight excluding hydrogens is 350 g/mol. The van der Waals surface area contributed by atoms with Gasteiger partial charge in [0.1, 0.15) is 11.5 Å². The molecule has 0 spiro atoms. The van der Waals surface area contributed by atoms with Crippen LogP contribution in [0.4, 0.5) is 5.82 Å². The Morgan fingerprint density at radius 1 is 1.07 bits per heavy atom. The second kappa shape index (κ2) is 8.35. The molecule has 4 aromatic heterocycles. The zero-order chi connectivity index (χ0) is 20.3. The highest BCUT2D eigenvalue weighted by molar-refractivity contribution is 5.92. The van der Waals surface area contributed by atoms with Gasteiger partial charge in [0.2, 0.25) is 0 Å². The number of aryl methyl sites for hydroxylation is 1. The topological polar surface area (TPSA) is 75.3 Å². The molecule has 2 N–H and O–H groups in total. The van der Waals surface area contributed by atoms with Crippen molar-refractivity contribution in [3.8, 4) is 11.1 Å². The van der Waals surface area contributed by atoms with Crippen LogP contribution in [-0.4, -0.2) is 31.5 Å². The highest BCUT2D eigenvalue weighted by Crippen LogP contribution is 2.32. The minimum atomic E-state index is -0.532. The van der Waals surface area contributed by atoms with Gasteiger partial charge in [-0.25, -0.2) is 9.97 Å². The van der Waals surface area contributed by atoms with E-state index in [0.717, 1.165) is 39.1 Å². The summed E-state index contributed by atoms with van der Waals surface area (Å²) in [6.07, 6.45) is 7.56. The van der Waals surface area contributed by atoms with Crippen molar-refractivity contribution in [3.05, 3.63) is 54.2 Å². The van der Waals surface area contributed by atoms with Crippen LogP contribution in [0.5, 0.6) is 0 Å². The monoisotopic (exact) mass is 377 g/mol. The third-order valence-corrected chi connectivity index (χ3v) is 4.76. The molecule has 28 heavy (non-hydrogen) atoms. The Balaban J connectivity index is 0.00000109. The van der Waals surface area contributed by atoms with Crippen molar-refractivity contribution in [2.75, 3.05) is 12.4 Å². The molecular formula is C22H27N5O. The molecule has 1 unspecified atom stereocenters. The molecule has 0 saturated carbocycles. The standard InChI is InChI=1S/C20H21N5O.C2H6/c1-4-18(26)16-7-12(2)15(11-23-16)14-8-13-10-24-19(21-3)9-17(13)25-6-5-22-20(14)25;1-2/h5-11,18,26H,4H2,1-3H3,(H,21,24);1-2H3. The number of fused-ring (bicyclic) bond motifs is 3. The summed E-state index contributed by atoms with van der Waals surface area (Å²) in [5, 5.41) is 14.2. The van der Waals surface area contributed by atoms with E-state index in [-0.39, 0.29) is 0 Å². The van der Waals surface area contributed by atoms with Crippen molar-refractivity contribution in [1.82, 2.24) is 19.4 Å². The molecule has 1 atom stereocenters. The molecule has 4 aromatic rings. The third kappa shape index (κ3) is 3.43. The van der Waals surface area contributed by atoms with E-state index in [4.69, 9.17) is 0 Å². The van der Waals surface area contributed by atoms with E-state index >= 15 is 0 Å². The van der Waals surface area contributed by atoms with Crippen LogP contribution < -0.4 is 5.32 Å². The lowest BCUT2D eigenvalue weighted by Crippen LogP contribution is -2.01. The summed E-state index contributed by atoms with van der Waals surface area (Å²) in [5.41, 5.74) is 5.70. The van der Waals surface area contributed by atoms with Crippen LogP contribution in [0.2, 0.25) is 0 Å². The summed E-state index contributed by atoms with van der Waals surface area (Å²) < 4.78 is 2.07. The number of nitrogens with one attached hydrogen (secondary N) is 1. The summed E-state index contributed by atoms with van der Waals surface area (Å²) in [6.45, 7) is 7.98. The lowest BCUT2D eigenvalue weighted by Gasteiger charge is -2.13. The average Bonchev–Trinajstić information content (AvgIpc) is 3.24. The van der Waals surface area contributed by atoms with E-state index in [1.54, 1.807) is 6.20 Å². The van der Waals surface area contributed by atoms with Crippen molar-refractivity contribution in [3.63, 3.8) is 0 Å². The summed E-state index contributed by atoms with van der Waals surface area (Å²) in [4.78, 5) is 13.5. The molecule has 0 aliphatic carbocycles. The quantitative estimate of drug-likeness (QED) is 0.536. The molecule has 0 saturated heterocycles. The number of hydrogen-bond donors (Lipinski definition) is 2. The maximum atomic E-state index is 10.1. The Labute approximate surface area is 165 Å². The van der Waals surface area contributed by atoms with E-state index in [1.807, 2.05) is 65.5 Å². The van der Waals surface area contributed by atoms with Gasteiger partial charge in [-0.3, -0.25) is 9.38 Å². The molecule has 4 rings (SSSR count). The highest BCUT2D eigenvalue weighted by atomic mass is 16.3. The predicted molar refractivity (Wildman–Crippen MR) is 115 cm³/mol. The number of aliphatic hydroxyl groups is 1. The Hall–Kier alpha value is -2.99. The van der Waals surface area contributed by atoms with E-state index in [2.05, 4.69) is 30.7 Å². The van der Waals surface area contributed by atoms with Gasteiger partial charge >= 0.3 is 0 Å². The van der Waals surface area contributed by atoms with Gasteiger partial charge in [-0.05, 0) is 31.0 Å². The molecule has 6 heteroatoms. The second-order valence-electron chi connectivity index (χ2n) is 6.41. The lowest BCUT2D eigenvalue weighted by atomic mass is 10.0. The highest BCUT2D eigenvalue weighted by Gasteiger charge is 2.15. The first-order valence-electron chi connectivity index (χ1n) is 9.71. The number of nitrogens with zero attached hydrogens (tertiary/aromatic N) is 4. The van der Waals surface area contributed by atoms with Crippen molar-refractivity contribution >= 4 is 22.4 Å². The summed E-state index contributed by atoms with van der Waals surface area (Å²) in [5.74, 6) is 0.816. The van der Waals surface area contributed by atoms with Gasteiger partial charge in [0.25, 0.3) is 0 Å². The van der Waals surface area contributed by atoms with Crippen LogP contribution in [0.3, 0.4) is 0 Å². The van der Waals surface area contributed by atoms with Crippen LogP contribution in [0.15, 0.2) is 43.0 Å². The Bertz CT molecular complexity index is 1100. The molecule has 0 aromatic carbocycles. The molecule has 0 radical (unpaired) electrons.